The molecule has 3 nitrogen and oxygen atoms in total. The number of rotatable bonds is 6. The first-order valence-electron chi connectivity index (χ1n) is 7.63. The summed E-state index contributed by atoms with van der Waals surface area (Å²) >= 11 is 1.81. The molecule has 0 spiro atoms. The van der Waals surface area contributed by atoms with Crippen molar-refractivity contribution < 1.29 is 0 Å². The van der Waals surface area contributed by atoms with Crippen LogP contribution in [0.25, 0.3) is 11.3 Å². The average Bonchev–Trinajstić information content (AvgIpc) is 3.28. The van der Waals surface area contributed by atoms with E-state index in [9.17, 15) is 0 Å². The lowest BCUT2D eigenvalue weighted by atomic mass is 10.1. The number of benzene rings is 1. The number of aromatic nitrogens is 1. The van der Waals surface area contributed by atoms with E-state index in [2.05, 4.69) is 54.5 Å². The first-order chi connectivity index (χ1) is 10.2. The van der Waals surface area contributed by atoms with Crippen molar-refractivity contribution in [2.75, 3.05) is 19.0 Å². The molecule has 3 rings (SSSR count). The van der Waals surface area contributed by atoms with Crippen LogP contribution in [0.5, 0.6) is 0 Å². The van der Waals surface area contributed by atoms with Gasteiger partial charge in [0.25, 0.3) is 0 Å². The van der Waals surface area contributed by atoms with Crippen LogP contribution in [-0.2, 0) is 6.54 Å². The molecular formula is C17H23N3S. The number of nitrogens with one attached hydrogen (secondary N) is 1. The smallest absolute Gasteiger partial charge is 0.186 e. The summed E-state index contributed by atoms with van der Waals surface area (Å²) in [6.45, 7) is 3.19. The number of nitrogens with zero attached hydrogens (tertiary/aromatic N) is 2. The lowest BCUT2D eigenvalue weighted by Gasteiger charge is -2.23. The fraction of sp³-hybridized carbons (Fsp3) is 0.471. The second-order valence-corrected chi connectivity index (χ2v) is 6.92. The van der Waals surface area contributed by atoms with Crippen LogP contribution in [0.15, 0.2) is 30.3 Å². The van der Waals surface area contributed by atoms with Gasteiger partial charge in [0, 0.05) is 30.1 Å². The Balaban J connectivity index is 1.92. The van der Waals surface area contributed by atoms with E-state index in [1.54, 1.807) is 0 Å². The summed E-state index contributed by atoms with van der Waals surface area (Å²) in [7, 11) is 4.17. The molecule has 1 unspecified atom stereocenters. The van der Waals surface area contributed by atoms with Crippen molar-refractivity contribution in [2.45, 2.75) is 32.4 Å². The summed E-state index contributed by atoms with van der Waals surface area (Å²) in [6, 6.07) is 11.1. The topological polar surface area (TPSA) is 28.2 Å². The van der Waals surface area contributed by atoms with Crippen molar-refractivity contribution >= 4 is 16.5 Å². The van der Waals surface area contributed by atoms with Gasteiger partial charge in [-0.15, -0.1) is 0 Å². The molecule has 0 radical (unpaired) electrons. The molecule has 1 heterocycles. The van der Waals surface area contributed by atoms with Crippen LogP contribution >= 0.6 is 11.3 Å². The zero-order chi connectivity index (χ0) is 14.8. The molecule has 0 amide bonds. The number of hydrogen-bond acceptors (Lipinski definition) is 4. The minimum absolute atomic E-state index is 0.585. The van der Waals surface area contributed by atoms with Gasteiger partial charge in [0.05, 0.1) is 5.69 Å². The van der Waals surface area contributed by atoms with E-state index in [0.717, 1.165) is 23.3 Å². The number of anilines is 1. The molecule has 1 saturated carbocycles. The lowest BCUT2D eigenvalue weighted by Crippen LogP contribution is -2.30. The van der Waals surface area contributed by atoms with Crippen LogP contribution < -0.4 is 10.2 Å². The van der Waals surface area contributed by atoms with Crippen LogP contribution in [0.2, 0.25) is 0 Å². The first-order valence-corrected chi connectivity index (χ1v) is 8.45. The molecule has 4 heteroatoms. The summed E-state index contributed by atoms with van der Waals surface area (Å²) in [5.74, 6) is 0.854. The maximum absolute atomic E-state index is 4.93. The SMILES string of the molecule is CNCc1sc(N(C)C(C)C2CC2)nc1-c1ccccc1. The van der Waals surface area contributed by atoms with Gasteiger partial charge in [0.2, 0.25) is 0 Å². The monoisotopic (exact) mass is 301 g/mol. The van der Waals surface area contributed by atoms with Crippen molar-refractivity contribution in [3.05, 3.63) is 35.2 Å². The van der Waals surface area contributed by atoms with Crippen LogP contribution in [-0.4, -0.2) is 25.1 Å². The van der Waals surface area contributed by atoms with Crippen LogP contribution in [0, 0.1) is 5.92 Å². The van der Waals surface area contributed by atoms with Gasteiger partial charge in [-0.3, -0.25) is 0 Å². The molecule has 1 atom stereocenters. The summed E-state index contributed by atoms with van der Waals surface area (Å²) in [4.78, 5) is 8.60. The lowest BCUT2D eigenvalue weighted by molar-refractivity contribution is 0.608. The molecule has 0 bridgehead atoms. The van der Waals surface area contributed by atoms with Crippen LogP contribution in [0.3, 0.4) is 0 Å². The molecule has 1 aliphatic carbocycles. The number of hydrogen-bond donors (Lipinski definition) is 1. The molecule has 112 valence electrons. The Morgan fingerprint density at radius 2 is 2.05 bits per heavy atom. The predicted molar refractivity (Wildman–Crippen MR) is 90.9 cm³/mol. The highest BCUT2D eigenvalue weighted by Crippen LogP contribution is 2.39. The Kier molecular flexibility index (Phi) is 4.27. The van der Waals surface area contributed by atoms with Gasteiger partial charge in [-0.05, 0) is 32.7 Å². The summed E-state index contributed by atoms with van der Waals surface area (Å²) in [5.41, 5.74) is 2.33. The Morgan fingerprint density at radius 1 is 1.33 bits per heavy atom. The minimum Gasteiger partial charge on any atom is -0.348 e. The van der Waals surface area contributed by atoms with E-state index in [-0.39, 0.29) is 0 Å². The summed E-state index contributed by atoms with van der Waals surface area (Å²) in [5, 5.41) is 4.40. The largest absolute Gasteiger partial charge is 0.348 e. The third-order valence-electron chi connectivity index (χ3n) is 4.29. The quantitative estimate of drug-likeness (QED) is 0.880. The average molecular weight is 301 g/mol. The Hall–Kier alpha value is -1.39. The molecule has 1 aromatic carbocycles. The van der Waals surface area contributed by atoms with E-state index in [4.69, 9.17) is 4.98 Å². The van der Waals surface area contributed by atoms with Gasteiger partial charge in [0.15, 0.2) is 5.13 Å². The second-order valence-electron chi connectivity index (χ2n) is 5.85. The Morgan fingerprint density at radius 3 is 2.67 bits per heavy atom. The van der Waals surface area contributed by atoms with Crippen molar-refractivity contribution in [1.82, 2.24) is 10.3 Å². The van der Waals surface area contributed by atoms with Gasteiger partial charge in [0.1, 0.15) is 0 Å². The van der Waals surface area contributed by atoms with Crippen LogP contribution in [0.1, 0.15) is 24.6 Å². The molecule has 1 aromatic heterocycles. The Labute approximate surface area is 131 Å². The molecule has 21 heavy (non-hydrogen) atoms. The van der Waals surface area contributed by atoms with Crippen molar-refractivity contribution in [2.24, 2.45) is 5.92 Å². The van der Waals surface area contributed by atoms with Gasteiger partial charge < -0.3 is 10.2 Å². The normalized spacial score (nSPS) is 16.0. The van der Waals surface area contributed by atoms with E-state index in [0.29, 0.717) is 6.04 Å². The van der Waals surface area contributed by atoms with Gasteiger partial charge in [-0.25, -0.2) is 4.98 Å². The molecular weight excluding hydrogens is 278 g/mol. The summed E-state index contributed by atoms with van der Waals surface area (Å²) < 4.78 is 0. The molecule has 2 aromatic rings. The zero-order valence-electron chi connectivity index (χ0n) is 13.0. The van der Waals surface area contributed by atoms with Gasteiger partial charge in [-0.1, -0.05) is 41.7 Å². The highest BCUT2D eigenvalue weighted by molar-refractivity contribution is 7.16. The highest BCUT2D eigenvalue weighted by atomic mass is 32.1. The fourth-order valence-electron chi connectivity index (χ4n) is 2.66. The zero-order valence-corrected chi connectivity index (χ0v) is 13.8. The van der Waals surface area contributed by atoms with Gasteiger partial charge in [-0.2, -0.15) is 0 Å². The standard InChI is InChI=1S/C17H23N3S/c1-12(13-9-10-13)20(3)17-19-16(15(21-17)11-18-2)14-7-5-4-6-8-14/h4-8,12-13,18H,9-11H2,1-3H3. The molecule has 0 aliphatic heterocycles. The second kappa shape index (κ2) is 6.16. The maximum atomic E-state index is 4.93. The molecule has 0 saturated heterocycles. The van der Waals surface area contributed by atoms with Crippen molar-refractivity contribution in [3.63, 3.8) is 0 Å². The highest BCUT2D eigenvalue weighted by Gasteiger charge is 2.32. The van der Waals surface area contributed by atoms with Crippen molar-refractivity contribution in [1.29, 1.82) is 0 Å². The van der Waals surface area contributed by atoms with E-state index < -0.39 is 0 Å². The van der Waals surface area contributed by atoms with Crippen molar-refractivity contribution in [3.8, 4) is 11.3 Å². The maximum Gasteiger partial charge on any atom is 0.186 e. The summed E-state index contributed by atoms with van der Waals surface area (Å²) in [6.07, 6.45) is 2.73. The fourth-order valence-corrected chi connectivity index (χ4v) is 3.81. The van der Waals surface area contributed by atoms with Crippen LogP contribution in [0.4, 0.5) is 5.13 Å². The van der Waals surface area contributed by atoms with Gasteiger partial charge >= 0.3 is 0 Å². The first kappa shape index (κ1) is 14.5. The van der Waals surface area contributed by atoms with E-state index in [1.165, 1.54) is 23.3 Å². The third-order valence-corrected chi connectivity index (χ3v) is 5.43. The predicted octanol–water partition coefficient (Wildman–Crippen LogP) is 3.76. The van der Waals surface area contributed by atoms with E-state index in [1.807, 2.05) is 18.4 Å². The molecule has 1 fully saturated rings. The third kappa shape index (κ3) is 3.11. The number of thiazole rings is 1. The Bertz CT molecular complexity index is 589. The molecule has 1 aliphatic rings. The minimum atomic E-state index is 0.585. The molecule has 1 N–H and O–H groups in total. The van der Waals surface area contributed by atoms with E-state index >= 15 is 0 Å².